The molecule has 1 atom stereocenters. The molecule has 0 aromatic carbocycles. The van der Waals surface area contributed by atoms with Crippen molar-refractivity contribution >= 4 is 15.9 Å². The van der Waals surface area contributed by atoms with Gasteiger partial charge in [0, 0.05) is 6.04 Å². The molecule has 2 N–H and O–H groups in total. The van der Waals surface area contributed by atoms with E-state index < -0.39 is 27.6 Å². The lowest BCUT2D eigenvalue weighted by Crippen LogP contribution is -2.43. The first kappa shape index (κ1) is 18.4. The molecule has 1 heterocycles. The second kappa shape index (κ2) is 7.08. The predicted octanol–water partition coefficient (Wildman–Crippen LogP) is 1.52. The maximum Gasteiger partial charge on any atom is 0.407 e. The van der Waals surface area contributed by atoms with E-state index in [1.54, 1.807) is 20.8 Å². The number of sulfone groups is 1. The van der Waals surface area contributed by atoms with Gasteiger partial charge in [-0.05, 0) is 33.1 Å². The minimum Gasteiger partial charge on any atom is -0.444 e. The van der Waals surface area contributed by atoms with E-state index in [9.17, 15) is 13.2 Å². The average molecular weight is 332 g/mol. The Morgan fingerprint density at radius 2 is 2.05 bits per heavy atom. The molecule has 0 aliphatic rings. The van der Waals surface area contributed by atoms with Gasteiger partial charge in [-0.25, -0.2) is 18.2 Å². The summed E-state index contributed by atoms with van der Waals surface area (Å²) in [4.78, 5) is 15.5. The molecule has 126 valence electrons. The van der Waals surface area contributed by atoms with Crippen molar-refractivity contribution < 1.29 is 17.9 Å². The van der Waals surface area contributed by atoms with Crippen molar-refractivity contribution in [1.82, 2.24) is 20.5 Å². The largest absolute Gasteiger partial charge is 0.444 e. The second-order valence-electron chi connectivity index (χ2n) is 6.54. The summed E-state index contributed by atoms with van der Waals surface area (Å²) in [5, 5.41) is 8.29. The predicted molar refractivity (Wildman–Crippen MR) is 81.0 cm³/mol. The van der Waals surface area contributed by atoms with Crippen molar-refractivity contribution in [3.05, 3.63) is 6.33 Å². The normalized spacial score (nSPS) is 13.9. The SMILES string of the molecule is CC(C)CC(CS(=O)(=O)c1ncn[nH]1)NC(=O)OC(C)(C)C. The number of hydrogen-bond acceptors (Lipinski definition) is 6. The highest BCUT2D eigenvalue weighted by Gasteiger charge is 2.27. The highest BCUT2D eigenvalue weighted by Crippen LogP contribution is 2.13. The van der Waals surface area contributed by atoms with Crippen LogP contribution in [0, 0.1) is 5.92 Å². The number of alkyl carbamates (subject to hydrolysis) is 1. The number of carbonyl (C=O) groups excluding carboxylic acids is 1. The van der Waals surface area contributed by atoms with Crippen LogP contribution in [0.15, 0.2) is 11.5 Å². The third-order valence-corrected chi connectivity index (χ3v) is 4.21. The zero-order valence-corrected chi connectivity index (χ0v) is 14.4. The summed E-state index contributed by atoms with van der Waals surface area (Å²) < 4.78 is 29.6. The van der Waals surface area contributed by atoms with Crippen LogP contribution in [0.4, 0.5) is 4.79 Å². The van der Waals surface area contributed by atoms with Crippen molar-refractivity contribution in [2.24, 2.45) is 5.92 Å². The van der Waals surface area contributed by atoms with Crippen LogP contribution in [-0.4, -0.2) is 47.1 Å². The zero-order chi connectivity index (χ0) is 17.0. The molecule has 0 aliphatic heterocycles. The molecule has 0 saturated heterocycles. The van der Waals surface area contributed by atoms with E-state index in [1.165, 1.54) is 0 Å². The second-order valence-corrected chi connectivity index (χ2v) is 8.49. The highest BCUT2D eigenvalue weighted by atomic mass is 32.2. The van der Waals surface area contributed by atoms with Crippen LogP contribution in [0.2, 0.25) is 0 Å². The lowest BCUT2D eigenvalue weighted by molar-refractivity contribution is 0.0504. The fourth-order valence-electron chi connectivity index (χ4n) is 1.90. The third-order valence-electron chi connectivity index (χ3n) is 2.58. The number of nitrogens with one attached hydrogen (secondary N) is 2. The number of hydrogen-bond donors (Lipinski definition) is 2. The van der Waals surface area contributed by atoms with Gasteiger partial charge in [0.05, 0.1) is 5.75 Å². The van der Waals surface area contributed by atoms with E-state index in [4.69, 9.17) is 4.74 Å². The number of nitrogens with zero attached hydrogens (tertiary/aromatic N) is 2. The molecular weight excluding hydrogens is 308 g/mol. The van der Waals surface area contributed by atoms with Gasteiger partial charge in [0.25, 0.3) is 0 Å². The Morgan fingerprint density at radius 1 is 1.41 bits per heavy atom. The number of amides is 1. The number of aromatic nitrogens is 3. The Kier molecular flexibility index (Phi) is 5.92. The first-order valence-electron chi connectivity index (χ1n) is 7.07. The van der Waals surface area contributed by atoms with Gasteiger partial charge < -0.3 is 10.1 Å². The number of carbonyl (C=O) groups is 1. The molecule has 1 aromatic heterocycles. The lowest BCUT2D eigenvalue weighted by Gasteiger charge is -2.24. The summed E-state index contributed by atoms with van der Waals surface area (Å²) in [5.74, 6) is -0.0514. The van der Waals surface area contributed by atoms with E-state index in [0.717, 1.165) is 6.33 Å². The molecule has 0 fully saturated rings. The fourth-order valence-corrected chi connectivity index (χ4v) is 3.21. The van der Waals surface area contributed by atoms with E-state index in [0.29, 0.717) is 6.42 Å². The minimum absolute atomic E-state index is 0.202. The van der Waals surface area contributed by atoms with Crippen molar-refractivity contribution in [3.8, 4) is 0 Å². The maximum absolute atomic E-state index is 12.2. The number of aromatic amines is 1. The summed E-state index contributed by atoms with van der Waals surface area (Å²) in [7, 11) is -3.65. The Labute approximate surface area is 131 Å². The van der Waals surface area contributed by atoms with Crippen molar-refractivity contribution in [3.63, 3.8) is 0 Å². The van der Waals surface area contributed by atoms with E-state index in [1.807, 2.05) is 13.8 Å². The Hall–Kier alpha value is -1.64. The van der Waals surface area contributed by atoms with Gasteiger partial charge in [0.15, 0.2) is 0 Å². The molecule has 0 saturated carbocycles. The van der Waals surface area contributed by atoms with Crippen LogP contribution in [0.3, 0.4) is 0 Å². The van der Waals surface area contributed by atoms with E-state index in [-0.39, 0.29) is 16.8 Å². The Balaban J connectivity index is 2.79. The van der Waals surface area contributed by atoms with Gasteiger partial charge in [-0.15, -0.1) is 0 Å². The monoisotopic (exact) mass is 332 g/mol. The van der Waals surface area contributed by atoms with Gasteiger partial charge >= 0.3 is 6.09 Å². The van der Waals surface area contributed by atoms with Gasteiger partial charge in [0.1, 0.15) is 11.9 Å². The van der Waals surface area contributed by atoms with Gasteiger partial charge in [-0.3, -0.25) is 5.10 Å². The molecular formula is C13H24N4O4S. The van der Waals surface area contributed by atoms with Crippen LogP contribution < -0.4 is 5.32 Å². The molecule has 1 rings (SSSR count). The lowest BCUT2D eigenvalue weighted by atomic mass is 10.1. The molecule has 8 nitrogen and oxygen atoms in total. The van der Waals surface area contributed by atoms with Crippen LogP contribution >= 0.6 is 0 Å². The van der Waals surface area contributed by atoms with Crippen LogP contribution in [0.25, 0.3) is 0 Å². The summed E-state index contributed by atoms with van der Waals surface area (Å²) in [6.45, 7) is 9.13. The topological polar surface area (TPSA) is 114 Å². The van der Waals surface area contributed by atoms with E-state index in [2.05, 4.69) is 20.5 Å². The maximum atomic E-state index is 12.2. The number of rotatable bonds is 6. The molecule has 0 aliphatic carbocycles. The van der Waals surface area contributed by atoms with Gasteiger partial charge in [-0.2, -0.15) is 5.10 Å². The van der Waals surface area contributed by atoms with Crippen LogP contribution in [0.5, 0.6) is 0 Å². The number of ether oxygens (including phenoxy) is 1. The smallest absolute Gasteiger partial charge is 0.407 e. The Bertz CT molecular complexity index is 576. The third kappa shape index (κ3) is 6.42. The van der Waals surface area contributed by atoms with Crippen LogP contribution in [-0.2, 0) is 14.6 Å². The van der Waals surface area contributed by atoms with E-state index >= 15 is 0 Å². The number of H-pyrrole nitrogens is 1. The minimum atomic E-state index is -3.65. The molecule has 0 bridgehead atoms. The summed E-state index contributed by atoms with van der Waals surface area (Å²) >= 11 is 0. The first-order valence-corrected chi connectivity index (χ1v) is 8.72. The summed E-state index contributed by atoms with van der Waals surface area (Å²) in [6, 6.07) is -0.565. The van der Waals surface area contributed by atoms with Gasteiger partial charge in [0.2, 0.25) is 15.0 Å². The molecule has 0 radical (unpaired) electrons. The summed E-state index contributed by atoms with van der Waals surface area (Å²) in [5.41, 5.74) is -0.643. The average Bonchev–Trinajstić information content (AvgIpc) is 2.77. The van der Waals surface area contributed by atoms with Crippen LogP contribution in [0.1, 0.15) is 41.0 Å². The summed E-state index contributed by atoms with van der Waals surface area (Å²) in [6.07, 6.45) is 1.00. The molecule has 0 spiro atoms. The quantitative estimate of drug-likeness (QED) is 0.816. The van der Waals surface area contributed by atoms with Crippen molar-refractivity contribution in [2.45, 2.75) is 57.8 Å². The molecule has 1 aromatic rings. The Morgan fingerprint density at radius 3 is 2.50 bits per heavy atom. The molecule has 1 amide bonds. The molecule has 22 heavy (non-hydrogen) atoms. The zero-order valence-electron chi connectivity index (χ0n) is 13.6. The fraction of sp³-hybridized carbons (Fsp3) is 0.769. The molecule has 1 unspecified atom stereocenters. The van der Waals surface area contributed by atoms with Gasteiger partial charge in [-0.1, -0.05) is 13.8 Å². The van der Waals surface area contributed by atoms with Crippen molar-refractivity contribution in [2.75, 3.05) is 5.75 Å². The molecule has 9 heteroatoms. The standard InChI is InChI=1S/C13H24N4O4S/c1-9(2)6-10(16-12(18)21-13(3,4)5)7-22(19,20)11-14-8-15-17-11/h8-10H,6-7H2,1-5H3,(H,16,18)(H,14,15,17). The first-order chi connectivity index (χ1) is 9.99. The van der Waals surface area contributed by atoms with Crippen molar-refractivity contribution in [1.29, 1.82) is 0 Å². The highest BCUT2D eigenvalue weighted by molar-refractivity contribution is 7.91.